The molecule has 3 fully saturated rings. The second-order valence-corrected chi connectivity index (χ2v) is 10.7. The molecule has 2 bridgehead atoms. The van der Waals surface area contributed by atoms with E-state index in [2.05, 4.69) is 15.5 Å². The number of fused-ring (bicyclic) bond motifs is 3. The summed E-state index contributed by atoms with van der Waals surface area (Å²) in [5.74, 6) is -1.45. The number of carbonyl (C=O) groups is 2. The third-order valence-electron chi connectivity index (χ3n) is 8.60. The third kappa shape index (κ3) is 4.62. The van der Waals surface area contributed by atoms with Crippen molar-refractivity contribution in [1.82, 2.24) is 9.47 Å². The van der Waals surface area contributed by atoms with Crippen molar-refractivity contribution in [2.45, 2.75) is 114 Å². The van der Waals surface area contributed by atoms with Crippen LogP contribution in [0.25, 0.3) is 10.9 Å². The van der Waals surface area contributed by atoms with Crippen molar-refractivity contribution in [3.63, 3.8) is 0 Å². The molecule has 2 aliphatic heterocycles. The molecule has 2 unspecified atom stereocenters. The Morgan fingerprint density at radius 2 is 1.30 bits per heavy atom. The van der Waals surface area contributed by atoms with Crippen LogP contribution in [0.3, 0.4) is 0 Å². The van der Waals surface area contributed by atoms with Crippen molar-refractivity contribution in [3.8, 4) is 0 Å². The Bertz CT molecular complexity index is 972. The topological polar surface area (TPSA) is 68.3 Å². The summed E-state index contributed by atoms with van der Waals surface area (Å²) in [5.41, 5.74) is 6.87. The van der Waals surface area contributed by atoms with Crippen LogP contribution in [0.1, 0.15) is 106 Å². The molecule has 2 saturated heterocycles. The zero-order valence-corrected chi connectivity index (χ0v) is 19.9. The smallest absolute Gasteiger partial charge is 0.289 e. The molecule has 5 nitrogen and oxygen atoms in total. The zero-order valence-electron chi connectivity index (χ0n) is 19.9. The van der Waals surface area contributed by atoms with E-state index in [1.165, 1.54) is 77.0 Å². The van der Waals surface area contributed by atoms with Gasteiger partial charge in [0, 0.05) is 41.3 Å². The maximum Gasteiger partial charge on any atom is 0.289 e. The molecule has 3 atom stereocenters. The molecule has 2 N–H and O–H groups in total. The van der Waals surface area contributed by atoms with Crippen LogP contribution in [0.4, 0.5) is 0 Å². The molecular formula is C28H39N3O2. The summed E-state index contributed by atoms with van der Waals surface area (Å²) in [4.78, 5) is 27.1. The van der Waals surface area contributed by atoms with Crippen LogP contribution in [0.5, 0.6) is 0 Å². The fraction of sp³-hybridized carbons (Fsp3) is 0.643. The molecule has 1 saturated carbocycles. The van der Waals surface area contributed by atoms with Gasteiger partial charge in [0.15, 0.2) is 0 Å². The van der Waals surface area contributed by atoms with Crippen LogP contribution in [-0.4, -0.2) is 39.3 Å². The summed E-state index contributed by atoms with van der Waals surface area (Å²) >= 11 is 0. The molecular weight excluding hydrogens is 410 g/mol. The molecule has 1 amide bonds. The summed E-state index contributed by atoms with van der Waals surface area (Å²) in [6.07, 6.45) is 20.6. The normalized spacial score (nSPS) is 27.9. The minimum atomic E-state index is -0.874. The second kappa shape index (κ2) is 10.0. The minimum Gasteiger partial charge on any atom is -0.363 e. The molecule has 33 heavy (non-hydrogen) atoms. The predicted octanol–water partition coefficient (Wildman–Crippen LogP) is 5.76. The summed E-state index contributed by atoms with van der Waals surface area (Å²) < 4.78 is 2.29. The van der Waals surface area contributed by atoms with Crippen LogP contribution in [-0.2, 0) is 4.79 Å². The molecule has 1 aliphatic carbocycles. The number of ketones is 1. The van der Waals surface area contributed by atoms with Gasteiger partial charge in [-0.05, 0) is 44.6 Å². The van der Waals surface area contributed by atoms with E-state index in [0.717, 1.165) is 29.8 Å². The average molecular weight is 450 g/mol. The fourth-order valence-corrected chi connectivity index (χ4v) is 7.12. The van der Waals surface area contributed by atoms with E-state index in [-0.39, 0.29) is 0 Å². The van der Waals surface area contributed by atoms with Crippen molar-refractivity contribution in [3.05, 3.63) is 36.0 Å². The van der Waals surface area contributed by atoms with Gasteiger partial charge in [0.1, 0.15) is 0 Å². The van der Waals surface area contributed by atoms with Crippen LogP contribution in [0.2, 0.25) is 0 Å². The fourth-order valence-electron chi connectivity index (χ4n) is 7.12. The SMILES string of the molecule is NC(=O)C(=O)c1cn(C2CC3CCC[C@H](C2)N3C2CCCCCCCCC2)c2ccccc12. The highest BCUT2D eigenvalue weighted by molar-refractivity contribution is 6.44. The highest BCUT2D eigenvalue weighted by atomic mass is 16.2. The average Bonchev–Trinajstić information content (AvgIpc) is 3.21. The molecule has 1 aromatic heterocycles. The van der Waals surface area contributed by atoms with E-state index in [4.69, 9.17) is 5.73 Å². The number of hydrogen-bond acceptors (Lipinski definition) is 3. The van der Waals surface area contributed by atoms with Crippen LogP contribution in [0.15, 0.2) is 30.5 Å². The highest BCUT2D eigenvalue weighted by Crippen LogP contribution is 2.43. The number of rotatable bonds is 4. The number of nitrogens with two attached hydrogens (primary N) is 1. The minimum absolute atomic E-state index is 0.371. The number of benzene rings is 1. The number of hydrogen-bond donors (Lipinski definition) is 1. The van der Waals surface area contributed by atoms with Gasteiger partial charge < -0.3 is 10.3 Å². The van der Waals surface area contributed by atoms with Crippen molar-refractivity contribution < 1.29 is 9.59 Å². The van der Waals surface area contributed by atoms with Crippen LogP contribution >= 0.6 is 0 Å². The van der Waals surface area contributed by atoms with Gasteiger partial charge in [0.25, 0.3) is 11.7 Å². The largest absolute Gasteiger partial charge is 0.363 e. The van der Waals surface area contributed by atoms with Crippen molar-refractivity contribution >= 4 is 22.6 Å². The molecule has 0 spiro atoms. The highest BCUT2D eigenvalue weighted by Gasteiger charge is 2.42. The van der Waals surface area contributed by atoms with Gasteiger partial charge in [-0.15, -0.1) is 0 Å². The van der Waals surface area contributed by atoms with Crippen LogP contribution < -0.4 is 5.73 Å². The summed E-state index contributed by atoms with van der Waals surface area (Å²) in [6.45, 7) is 0. The molecule has 5 heteroatoms. The number of para-hydroxylation sites is 1. The lowest BCUT2D eigenvalue weighted by atomic mass is 9.79. The monoisotopic (exact) mass is 449 g/mol. The zero-order chi connectivity index (χ0) is 22.8. The summed E-state index contributed by atoms with van der Waals surface area (Å²) in [7, 11) is 0. The maximum atomic E-state index is 12.5. The molecule has 178 valence electrons. The Morgan fingerprint density at radius 1 is 0.727 bits per heavy atom. The number of amides is 1. The summed E-state index contributed by atoms with van der Waals surface area (Å²) in [6, 6.07) is 10.4. The van der Waals surface area contributed by atoms with E-state index in [1.54, 1.807) is 0 Å². The quantitative estimate of drug-likeness (QED) is 0.476. The van der Waals surface area contributed by atoms with Gasteiger partial charge in [0.05, 0.1) is 5.56 Å². The summed E-state index contributed by atoms with van der Waals surface area (Å²) in [5, 5.41) is 0.848. The molecule has 0 radical (unpaired) electrons. The number of primary amides is 1. The number of carbonyl (C=O) groups excluding carboxylic acids is 2. The number of nitrogens with zero attached hydrogens (tertiary/aromatic N) is 2. The Morgan fingerprint density at radius 3 is 1.94 bits per heavy atom. The predicted molar refractivity (Wildman–Crippen MR) is 132 cm³/mol. The molecule has 3 aliphatic rings. The van der Waals surface area contributed by atoms with Gasteiger partial charge in [0.2, 0.25) is 0 Å². The Kier molecular flexibility index (Phi) is 6.86. The van der Waals surface area contributed by atoms with Gasteiger partial charge >= 0.3 is 0 Å². The molecule has 3 heterocycles. The van der Waals surface area contributed by atoms with E-state index in [1.807, 2.05) is 24.4 Å². The van der Waals surface area contributed by atoms with Gasteiger partial charge in [-0.3, -0.25) is 14.5 Å². The second-order valence-electron chi connectivity index (χ2n) is 10.7. The van der Waals surface area contributed by atoms with E-state index >= 15 is 0 Å². The van der Waals surface area contributed by atoms with Crippen molar-refractivity contribution in [1.29, 1.82) is 0 Å². The number of aromatic nitrogens is 1. The van der Waals surface area contributed by atoms with Crippen molar-refractivity contribution in [2.75, 3.05) is 0 Å². The lowest BCUT2D eigenvalue weighted by Crippen LogP contribution is -2.56. The first-order valence-electron chi connectivity index (χ1n) is 13.3. The number of Topliss-reactive ketones (excluding diaryl/α,β-unsaturated/α-hetero) is 1. The lowest BCUT2D eigenvalue weighted by molar-refractivity contribution is -0.114. The Hall–Kier alpha value is -2.14. The van der Waals surface area contributed by atoms with E-state index < -0.39 is 11.7 Å². The first-order valence-corrected chi connectivity index (χ1v) is 13.3. The molecule has 1 aromatic carbocycles. The first kappa shape index (κ1) is 22.6. The Balaban J connectivity index is 1.40. The Labute approximate surface area is 197 Å². The van der Waals surface area contributed by atoms with Crippen LogP contribution in [0, 0.1) is 0 Å². The van der Waals surface area contributed by atoms with E-state index in [0.29, 0.717) is 23.7 Å². The van der Waals surface area contributed by atoms with Gasteiger partial charge in [-0.25, -0.2) is 0 Å². The lowest BCUT2D eigenvalue weighted by Gasteiger charge is -2.53. The first-order chi connectivity index (χ1) is 16.1. The maximum absolute atomic E-state index is 12.5. The number of piperidine rings is 2. The standard InChI is InChI=1S/C28H39N3O2/c29-28(33)27(32)25-19-30(26-16-9-8-15-24(25)26)23-17-21-13-10-14-22(18-23)31(21)20-11-6-4-2-1-3-5-7-12-20/h8-9,15-16,19-23H,1-7,10-14,17-18H2,(H2,29,33)/t21-,22?,23?/m1/s1. The molecule has 2 aromatic rings. The molecule has 5 rings (SSSR count). The van der Waals surface area contributed by atoms with Crippen molar-refractivity contribution in [2.24, 2.45) is 5.73 Å². The third-order valence-corrected chi connectivity index (χ3v) is 8.60. The van der Waals surface area contributed by atoms with Gasteiger partial charge in [-0.1, -0.05) is 69.6 Å². The van der Waals surface area contributed by atoms with Gasteiger partial charge in [-0.2, -0.15) is 0 Å². The van der Waals surface area contributed by atoms with E-state index in [9.17, 15) is 9.59 Å².